The molecule has 1 heterocycles. The number of ether oxygens (including phenoxy) is 1. The number of rotatable bonds is 5. The van der Waals surface area contributed by atoms with Gasteiger partial charge in [-0.2, -0.15) is 8.42 Å². The van der Waals surface area contributed by atoms with E-state index in [1.807, 2.05) is 27.7 Å². The van der Waals surface area contributed by atoms with E-state index in [1.54, 1.807) is 12.5 Å². The summed E-state index contributed by atoms with van der Waals surface area (Å²) >= 11 is 0. The molecule has 0 amide bonds. The quantitative estimate of drug-likeness (QED) is 0.825. The number of H-pyrrole nitrogens is 1. The van der Waals surface area contributed by atoms with Crippen LogP contribution in [0.25, 0.3) is 0 Å². The van der Waals surface area contributed by atoms with E-state index in [-0.39, 0.29) is 0 Å². The molecular weight excluding hydrogens is 302 g/mol. The molecule has 0 saturated carbocycles. The Morgan fingerprint density at radius 2 is 1.91 bits per heavy atom. The van der Waals surface area contributed by atoms with Gasteiger partial charge in [0.15, 0.2) is 0 Å². The standard InChI is InChI=1S/C15H19N3O3S/c1-9-10(2)14(18-8-22(19)20)12(4)15(11(9)3)21-6-13-5-16-7-17-13/h5,7-8,18H,6H2,1-4H3,(H,16,17). The summed E-state index contributed by atoms with van der Waals surface area (Å²) in [6.07, 6.45) is 3.31. The van der Waals surface area contributed by atoms with Crippen LogP contribution in [0, 0.1) is 27.7 Å². The first kappa shape index (κ1) is 16.1. The molecule has 0 atom stereocenters. The summed E-state index contributed by atoms with van der Waals surface area (Å²) in [6.45, 7) is 8.23. The van der Waals surface area contributed by atoms with E-state index >= 15 is 0 Å². The van der Waals surface area contributed by atoms with E-state index in [1.165, 1.54) is 0 Å². The predicted octanol–water partition coefficient (Wildman–Crippen LogP) is 2.27. The van der Waals surface area contributed by atoms with Gasteiger partial charge in [-0.05, 0) is 44.4 Å². The van der Waals surface area contributed by atoms with Gasteiger partial charge in [-0.1, -0.05) is 0 Å². The lowest BCUT2D eigenvalue weighted by molar-refractivity contribution is 0.297. The molecule has 0 fully saturated rings. The Balaban J connectivity index is 2.41. The topological polar surface area (TPSA) is 84.1 Å². The van der Waals surface area contributed by atoms with E-state index < -0.39 is 10.3 Å². The molecule has 0 bridgehead atoms. The Labute approximate surface area is 131 Å². The molecule has 0 aliphatic heterocycles. The molecule has 1 aromatic heterocycles. The van der Waals surface area contributed by atoms with Gasteiger partial charge < -0.3 is 15.0 Å². The monoisotopic (exact) mass is 321 g/mol. The van der Waals surface area contributed by atoms with Crippen molar-refractivity contribution in [3.63, 3.8) is 0 Å². The number of aromatic amines is 1. The van der Waals surface area contributed by atoms with Crippen LogP contribution in [-0.4, -0.2) is 23.9 Å². The summed E-state index contributed by atoms with van der Waals surface area (Å²) in [4.78, 5) is 6.94. The molecule has 0 saturated heterocycles. The first-order chi connectivity index (χ1) is 10.4. The minimum absolute atomic E-state index is 0.376. The number of benzene rings is 1. The molecule has 0 aliphatic carbocycles. The van der Waals surface area contributed by atoms with Crippen LogP contribution in [0.1, 0.15) is 27.9 Å². The maximum Gasteiger partial charge on any atom is 0.230 e. The fourth-order valence-corrected chi connectivity index (χ4v) is 2.58. The van der Waals surface area contributed by atoms with Crippen LogP contribution in [0.5, 0.6) is 5.75 Å². The van der Waals surface area contributed by atoms with Crippen molar-refractivity contribution in [2.45, 2.75) is 34.3 Å². The molecule has 2 N–H and O–H groups in total. The van der Waals surface area contributed by atoms with Crippen molar-refractivity contribution < 1.29 is 13.2 Å². The zero-order chi connectivity index (χ0) is 16.3. The molecule has 1 aromatic carbocycles. The molecule has 0 radical (unpaired) electrons. The molecular formula is C15H19N3O3S. The Bertz CT molecular complexity index is 801. The highest BCUT2D eigenvalue weighted by molar-refractivity contribution is 7.71. The second-order valence-electron chi connectivity index (χ2n) is 5.09. The van der Waals surface area contributed by atoms with Crippen molar-refractivity contribution in [2.75, 3.05) is 5.32 Å². The van der Waals surface area contributed by atoms with Crippen molar-refractivity contribution in [1.82, 2.24) is 9.97 Å². The summed E-state index contributed by atoms with van der Waals surface area (Å²) < 4.78 is 27.4. The Kier molecular flexibility index (Phi) is 4.87. The summed E-state index contributed by atoms with van der Waals surface area (Å²) in [6, 6.07) is 0. The van der Waals surface area contributed by atoms with Crippen LogP contribution < -0.4 is 10.1 Å². The van der Waals surface area contributed by atoms with Gasteiger partial charge in [0.05, 0.1) is 18.2 Å². The first-order valence-electron chi connectivity index (χ1n) is 6.80. The van der Waals surface area contributed by atoms with Crippen molar-refractivity contribution in [3.8, 4) is 5.75 Å². The van der Waals surface area contributed by atoms with Crippen LogP contribution in [-0.2, 0) is 16.9 Å². The number of hydrogen-bond donors (Lipinski definition) is 2. The largest absolute Gasteiger partial charge is 0.487 e. The number of imidazole rings is 1. The molecule has 2 aromatic rings. The molecule has 0 unspecified atom stereocenters. The fourth-order valence-electron chi connectivity index (χ4n) is 2.37. The van der Waals surface area contributed by atoms with Gasteiger partial charge in [0.1, 0.15) is 17.8 Å². The molecule has 7 heteroatoms. The summed E-state index contributed by atoms with van der Waals surface area (Å²) in [7, 11) is -2.27. The third-order valence-electron chi connectivity index (χ3n) is 3.78. The van der Waals surface area contributed by atoms with Gasteiger partial charge in [0.25, 0.3) is 0 Å². The Morgan fingerprint density at radius 1 is 1.18 bits per heavy atom. The minimum Gasteiger partial charge on any atom is -0.487 e. The predicted molar refractivity (Wildman–Crippen MR) is 86.9 cm³/mol. The molecule has 22 heavy (non-hydrogen) atoms. The lowest BCUT2D eigenvalue weighted by atomic mass is 9.97. The zero-order valence-corrected chi connectivity index (χ0v) is 13.8. The van der Waals surface area contributed by atoms with E-state index in [2.05, 4.69) is 15.3 Å². The maximum absolute atomic E-state index is 10.8. The van der Waals surface area contributed by atoms with Gasteiger partial charge in [-0.3, -0.25) is 0 Å². The van der Waals surface area contributed by atoms with E-state index in [9.17, 15) is 8.42 Å². The minimum atomic E-state index is -2.27. The summed E-state index contributed by atoms with van der Waals surface area (Å²) in [5.74, 6) is 0.755. The number of nitrogens with zero attached hydrogens (tertiary/aromatic N) is 1. The molecule has 6 nitrogen and oxygen atoms in total. The third-order valence-corrected chi connectivity index (χ3v) is 4.09. The number of nitrogens with one attached hydrogen (secondary N) is 2. The summed E-state index contributed by atoms with van der Waals surface area (Å²) in [5.41, 5.74) is 6.65. The average Bonchev–Trinajstić information content (AvgIpc) is 2.98. The smallest absolute Gasteiger partial charge is 0.230 e. The molecule has 0 aliphatic rings. The van der Waals surface area contributed by atoms with Gasteiger partial charge in [0.2, 0.25) is 10.3 Å². The van der Waals surface area contributed by atoms with E-state index in [4.69, 9.17) is 4.74 Å². The van der Waals surface area contributed by atoms with Gasteiger partial charge in [0, 0.05) is 11.3 Å². The van der Waals surface area contributed by atoms with E-state index in [0.717, 1.165) is 44.9 Å². The SMILES string of the molecule is Cc1c(C)c(NC=S(=O)=O)c(C)c(OCc2cnc[nH]2)c1C. The molecule has 2 rings (SSSR count). The fraction of sp³-hybridized carbons (Fsp3) is 0.333. The second-order valence-corrected chi connectivity index (χ2v) is 5.85. The van der Waals surface area contributed by atoms with Crippen LogP contribution in [0.15, 0.2) is 12.5 Å². The van der Waals surface area contributed by atoms with Gasteiger partial charge in [-0.25, -0.2) is 4.98 Å². The number of aromatic nitrogens is 2. The first-order valence-corrected chi connectivity index (χ1v) is 7.94. The van der Waals surface area contributed by atoms with Crippen LogP contribution in [0.3, 0.4) is 0 Å². The number of hydrogen-bond acceptors (Lipinski definition) is 4. The third kappa shape index (κ3) is 3.30. The molecule has 0 spiro atoms. The van der Waals surface area contributed by atoms with Gasteiger partial charge in [-0.15, -0.1) is 0 Å². The maximum atomic E-state index is 10.8. The van der Waals surface area contributed by atoms with E-state index in [0.29, 0.717) is 6.61 Å². The van der Waals surface area contributed by atoms with Crippen molar-refractivity contribution in [3.05, 3.63) is 40.5 Å². The average molecular weight is 321 g/mol. The molecule has 118 valence electrons. The zero-order valence-electron chi connectivity index (χ0n) is 13.0. The van der Waals surface area contributed by atoms with Crippen molar-refractivity contribution >= 4 is 21.5 Å². The van der Waals surface area contributed by atoms with Crippen LogP contribution >= 0.6 is 0 Å². The van der Waals surface area contributed by atoms with Crippen LogP contribution in [0.2, 0.25) is 0 Å². The van der Waals surface area contributed by atoms with Gasteiger partial charge >= 0.3 is 0 Å². The Morgan fingerprint density at radius 3 is 2.50 bits per heavy atom. The highest BCUT2D eigenvalue weighted by Gasteiger charge is 2.16. The normalized spacial score (nSPS) is 10.4. The Hall–Kier alpha value is -2.28. The van der Waals surface area contributed by atoms with Crippen LogP contribution in [0.4, 0.5) is 5.69 Å². The highest BCUT2D eigenvalue weighted by atomic mass is 32.2. The summed E-state index contributed by atoms with van der Waals surface area (Å²) in [5, 5.41) is 2.84. The second kappa shape index (κ2) is 6.65. The van der Waals surface area contributed by atoms with Crippen molar-refractivity contribution in [2.24, 2.45) is 0 Å². The number of anilines is 1. The highest BCUT2D eigenvalue weighted by Crippen LogP contribution is 2.36. The lowest BCUT2D eigenvalue weighted by Crippen LogP contribution is -2.07. The lowest BCUT2D eigenvalue weighted by Gasteiger charge is -2.20. The van der Waals surface area contributed by atoms with Crippen molar-refractivity contribution in [1.29, 1.82) is 0 Å².